The lowest BCUT2D eigenvalue weighted by Crippen LogP contribution is -2.49. The molecule has 0 spiro atoms. The molecular weight excluding hydrogens is 552 g/mol. The Kier molecular flexibility index (Phi) is 6.96. The molecule has 1 aliphatic rings. The van der Waals surface area contributed by atoms with E-state index < -0.39 is 60.1 Å². The van der Waals surface area contributed by atoms with Crippen molar-refractivity contribution >= 4 is 51.7 Å². The lowest BCUT2D eigenvalue weighted by molar-refractivity contribution is 0.128. The van der Waals surface area contributed by atoms with Crippen LogP contribution in [0.3, 0.4) is 0 Å². The molecule has 3 heterocycles. The third kappa shape index (κ3) is 5.02. The highest BCUT2D eigenvalue weighted by atomic mass is 32.2. The van der Waals surface area contributed by atoms with Gasteiger partial charge >= 0.3 is 0 Å². The molecule has 0 unspecified atom stereocenters. The molecule has 0 aliphatic carbocycles. The molecule has 0 bridgehead atoms. The minimum atomic E-state index is -4.41. The van der Waals surface area contributed by atoms with Crippen molar-refractivity contribution < 1.29 is 30.4 Å². The number of nitrogens with zero attached hydrogens (tertiary/aromatic N) is 3. The number of nitrogens with one attached hydrogen (secondary N) is 1. The molecule has 38 heavy (non-hydrogen) atoms. The van der Waals surface area contributed by atoms with E-state index >= 15 is 0 Å². The van der Waals surface area contributed by atoms with Gasteiger partial charge in [-0.2, -0.15) is 4.31 Å². The number of aromatic nitrogens is 2. The monoisotopic (exact) mass is 576 g/mol. The van der Waals surface area contributed by atoms with Gasteiger partial charge in [-0.05, 0) is 24.3 Å². The largest absolute Gasteiger partial charge is 0.390 e. The van der Waals surface area contributed by atoms with Crippen molar-refractivity contribution in [1.82, 2.24) is 19.0 Å². The number of sulfone groups is 1. The summed E-state index contributed by atoms with van der Waals surface area (Å²) in [6.45, 7) is -0.813. The molecule has 2 atom stereocenters. The van der Waals surface area contributed by atoms with Crippen LogP contribution in [0.4, 0.5) is 0 Å². The summed E-state index contributed by atoms with van der Waals surface area (Å²) in [5.74, 6) is -1.18. The highest BCUT2D eigenvalue weighted by Crippen LogP contribution is 2.29. The summed E-state index contributed by atoms with van der Waals surface area (Å²) in [6.07, 6.45) is 1.43. The number of pyridine rings is 2. The number of aliphatic hydroxyl groups is 1. The zero-order valence-electron chi connectivity index (χ0n) is 19.9. The number of hydrogen-bond acceptors (Lipinski definition) is 9. The molecule has 2 N–H and O–H groups in total. The van der Waals surface area contributed by atoms with Gasteiger partial charge in [0.05, 0.1) is 34.7 Å². The number of aliphatic hydroxyl groups excluding tert-OH is 1. The lowest BCUT2D eigenvalue weighted by Gasteiger charge is -2.29. The average molecular weight is 577 g/mol. The fraction of sp³-hybridized carbons (Fsp3) is 0.250. The van der Waals surface area contributed by atoms with Crippen molar-refractivity contribution in [2.24, 2.45) is 0 Å². The highest BCUT2D eigenvalue weighted by molar-refractivity contribution is 7.92. The van der Waals surface area contributed by atoms with E-state index in [-0.39, 0.29) is 27.4 Å². The molecule has 1 aliphatic heterocycles. The zero-order valence-corrected chi connectivity index (χ0v) is 22.3. The summed E-state index contributed by atoms with van der Waals surface area (Å²) in [5.41, 5.74) is 0.434. The third-order valence-electron chi connectivity index (χ3n) is 6.36. The fourth-order valence-corrected chi connectivity index (χ4v) is 9.54. The van der Waals surface area contributed by atoms with Crippen LogP contribution in [0.15, 0.2) is 82.8 Å². The Balaban J connectivity index is 1.49. The molecule has 11 nitrogen and oxygen atoms in total. The predicted molar refractivity (Wildman–Crippen MR) is 141 cm³/mol. The van der Waals surface area contributed by atoms with Crippen LogP contribution in [0.2, 0.25) is 0 Å². The maximum Gasteiger partial charge on any atom is 0.245 e. The Hall–Kier alpha value is -3.01. The Labute approximate surface area is 220 Å². The van der Waals surface area contributed by atoms with Crippen LogP contribution in [0.25, 0.3) is 21.8 Å². The molecule has 0 saturated carbocycles. The summed E-state index contributed by atoms with van der Waals surface area (Å²) < 4.78 is 81.8. The Morgan fingerprint density at radius 2 is 1.39 bits per heavy atom. The van der Waals surface area contributed by atoms with Gasteiger partial charge < -0.3 is 5.11 Å². The number of para-hydroxylation sites is 2. The number of fused-ring (bicyclic) bond motifs is 2. The first-order valence-electron chi connectivity index (χ1n) is 11.6. The van der Waals surface area contributed by atoms with Gasteiger partial charge in [0.15, 0.2) is 9.84 Å². The number of rotatable bonds is 8. The molecule has 2 aromatic heterocycles. The van der Waals surface area contributed by atoms with Crippen molar-refractivity contribution in [2.45, 2.75) is 21.9 Å². The van der Waals surface area contributed by atoms with Crippen LogP contribution >= 0.6 is 0 Å². The third-order valence-corrected chi connectivity index (χ3v) is 11.5. The van der Waals surface area contributed by atoms with Gasteiger partial charge in [-0.15, -0.1) is 0 Å². The van der Waals surface area contributed by atoms with E-state index in [1.807, 2.05) is 0 Å². The molecule has 0 radical (unpaired) electrons. The summed E-state index contributed by atoms with van der Waals surface area (Å²) >= 11 is 0. The summed E-state index contributed by atoms with van der Waals surface area (Å²) in [4.78, 5) is 8.09. The van der Waals surface area contributed by atoms with E-state index in [4.69, 9.17) is 0 Å². The number of sulfonamides is 2. The highest BCUT2D eigenvalue weighted by Gasteiger charge is 2.45. The average Bonchev–Trinajstić information content (AvgIpc) is 3.17. The molecule has 4 aromatic rings. The van der Waals surface area contributed by atoms with Crippen LogP contribution in [0.1, 0.15) is 0 Å². The van der Waals surface area contributed by atoms with Crippen molar-refractivity contribution in [2.75, 3.05) is 24.6 Å². The van der Waals surface area contributed by atoms with Crippen LogP contribution in [-0.4, -0.2) is 81.4 Å². The number of hydrogen-bond donors (Lipinski definition) is 2. The molecule has 2 aromatic carbocycles. The molecule has 1 fully saturated rings. The summed E-state index contributed by atoms with van der Waals surface area (Å²) in [6, 6.07) is 14.7. The Bertz CT molecular complexity index is 1830. The Morgan fingerprint density at radius 1 is 0.842 bits per heavy atom. The first-order chi connectivity index (χ1) is 18.0. The van der Waals surface area contributed by atoms with Crippen molar-refractivity contribution in [3.05, 3.63) is 73.1 Å². The molecule has 1 saturated heterocycles. The SMILES string of the molecule is O=S1(=O)C[C@@H](O)[C@H](N(CCNS(=O)(=O)c2cccc3cccnc23)S(=O)(=O)c2cccc3cccnc23)C1. The second-order valence-electron chi connectivity index (χ2n) is 8.89. The van der Waals surface area contributed by atoms with E-state index in [2.05, 4.69) is 14.7 Å². The minimum Gasteiger partial charge on any atom is -0.390 e. The molecule has 14 heteroatoms. The molecule has 5 rings (SSSR count). The first-order valence-corrected chi connectivity index (χ1v) is 16.3. The van der Waals surface area contributed by atoms with Gasteiger partial charge in [0.2, 0.25) is 20.0 Å². The van der Waals surface area contributed by atoms with Crippen molar-refractivity contribution in [1.29, 1.82) is 0 Å². The second kappa shape index (κ2) is 9.94. The maximum atomic E-state index is 13.9. The van der Waals surface area contributed by atoms with E-state index in [0.29, 0.717) is 10.8 Å². The van der Waals surface area contributed by atoms with Gasteiger partial charge in [-0.1, -0.05) is 36.4 Å². The quantitative estimate of drug-likeness (QED) is 0.310. The Morgan fingerprint density at radius 3 is 1.97 bits per heavy atom. The lowest BCUT2D eigenvalue weighted by atomic mass is 10.2. The van der Waals surface area contributed by atoms with E-state index in [1.54, 1.807) is 42.5 Å². The standard InChI is InChI=1S/C24H24N4O7S3/c29-20-16-36(30,31)15-19(20)28(38(34,35)22-10-2-6-18-8-4-12-26-24(18)22)14-13-27-37(32,33)21-9-1-5-17-7-3-11-25-23(17)21/h1-12,19-20,27,29H,13-16H2/t19-,20-/m1/s1. The normalized spacial score (nSPS) is 19.8. The molecule has 200 valence electrons. The van der Waals surface area contributed by atoms with Crippen molar-refractivity contribution in [3.8, 4) is 0 Å². The summed E-state index contributed by atoms with van der Waals surface area (Å²) in [7, 11) is -12.2. The summed E-state index contributed by atoms with van der Waals surface area (Å²) in [5, 5.41) is 11.7. The van der Waals surface area contributed by atoms with Gasteiger partial charge in [0.1, 0.15) is 9.79 Å². The van der Waals surface area contributed by atoms with Crippen LogP contribution in [0.5, 0.6) is 0 Å². The maximum absolute atomic E-state index is 13.9. The predicted octanol–water partition coefficient (Wildman–Crippen LogP) is 0.910. The van der Waals surface area contributed by atoms with Crippen LogP contribution in [0, 0.1) is 0 Å². The molecule has 0 amide bonds. The van der Waals surface area contributed by atoms with Crippen LogP contribution in [-0.2, 0) is 29.9 Å². The van der Waals surface area contributed by atoms with E-state index in [1.165, 1.54) is 30.6 Å². The van der Waals surface area contributed by atoms with Crippen molar-refractivity contribution in [3.63, 3.8) is 0 Å². The number of benzene rings is 2. The van der Waals surface area contributed by atoms with E-state index in [9.17, 15) is 30.4 Å². The van der Waals surface area contributed by atoms with Gasteiger partial charge in [-0.3, -0.25) is 9.97 Å². The van der Waals surface area contributed by atoms with Gasteiger partial charge in [0, 0.05) is 36.3 Å². The second-order valence-corrected chi connectivity index (χ2v) is 14.6. The van der Waals surface area contributed by atoms with Gasteiger partial charge in [-0.25, -0.2) is 30.0 Å². The van der Waals surface area contributed by atoms with E-state index in [0.717, 1.165) is 4.31 Å². The van der Waals surface area contributed by atoms with Gasteiger partial charge in [0.25, 0.3) is 0 Å². The molecular formula is C24H24N4O7S3. The smallest absolute Gasteiger partial charge is 0.245 e. The van der Waals surface area contributed by atoms with Crippen LogP contribution < -0.4 is 4.72 Å². The zero-order chi connectivity index (χ0) is 27.1. The topological polar surface area (TPSA) is 164 Å². The fourth-order valence-electron chi connectivity index (χ4n) is 4.62. The first kappa shape index (κ1) is 26.6. The minimum absolute atomic E-state index is 0.0771.